The lowest BCUT2D eigenvalue weighted by Gasteiger charge is -2.32. The molecule has 3 aromatic heterocycles. The molecule has 10 nitrogen and oxygen atoms in total. The number of ether oxygens (including phenoxy) is 1. The van der Waals surface area contributed by atoms with Crippen LogP contribution in [0.1, 0.15) is 54.7 Å². The third-order valence-corrected chi connectivity index (χ3v) is 7.11. The van der Waals surface area contributed by atoms with Crippen molar-refractivity contribution in [2.24, 2.45) is 0 Å². The maximum Gasteiger partial charge on any atom is 0.319 e. The summed E-state index contributed by atoms with van der Waals surface area (Å²) in [5.41, 5.74) is 3.29. The van der Waals surface area contributed by atoms with E-state index in [-0.39, 0.29) is 29.8 Å². The van der Waals surface area contributed by atoms with E-state index < -0.39 is 6.10 Å². The number of hydrogen-bond donors (Lipinski definition) is 3. The Bertz CT molecular complexity index is 1280. The molecule has 3 aliphatic rings. The van der Waals surface area contributed by atoms with Crippen LogP contribution >= 0.6 is 0 Å². The van der Waals surface area contributed by atoms with Crippen molar-refractivity contribution >= 4 is 22.8 Å². The number of aliphatic hydroxyl groups is 1. The Labute approximate surface area is 196 Å². The summed E-state index contributed by atoms with van der Waals surface area (Å²) in [6.07, 6.45) is 7.07. The lowest BCUT2D eigenvalue weighted by Crippen LogP contribution is -2.40. The van der Waals surface area contributed by atoms with Crippen molar-refractivity contribution in [3.8, 4) is 6.01 Å². The monoisotopic (exact) mass is 461 g/mol. The van der Waals surface area contributed by atoms with Crippen molar-refractivity contribution in [1.82, 2.24) is 30.5 Å². The number of rotatable bonds is 7. The van der Waals surface area contributed by atoms with E-state index in [0.29, 0.717) is 11.7 Å². The number of anilines is 1. The first-order valence-electron chi connectivity index (χ1n) is 11.8. The average Bonchev–Trinajstić information content (AvgIpc) is 3.19. The molecule has 1 amide bonds. The fourth-order valence-electron chi connectivity index (χ4n) is 4.91. The number of hydrogen-bond acceptors (Lipinski definition) is 8. The molecule has 2 aliphatic carbocycles. The normalized spacial score (nSPS) is 22.5. The van der Waals surface area contributed by atoms with Gasteiger partial charge in [-0.1, -0.05) is 6.08 Å². The summed E-state index contributed by atoms with van der Waals surface area (Å²) >= 11 is 0. The zero-order valence-corrected chi connectivity index (χ0v) is 19.0. The highest BCUT2D eigenvalue weighted by Crippen LogP contribution is 2.54. The molecule has 1 saturated carbocycles. The van der Waals surface area contributed by atoms with Gasteiger partial charge in [-0.05, 0) is 50.3 Å². The van der Waals surface area contributed by atoms with Crippen molar-refractivity contribution < 1.29 is 14.6 Å². The molecule has 2 fully saturated rings. The van der Waals surface area contributed by atoms with Gasteiger partial charge in [0.15, 0.2) is 5.65 Å². The van der Waals surface area contributed by atoms with Crippen molar-refractivity contribution in [2.45, 2.75) is 50.2 Å². The highest BCUT2D eigenvalue weighted by Gasteiger charge is 2.55. The molecule has 0 aromatic carbocycles. The van der Waals surface area contributed by atoms with Crippen LogP contribution in [-0.2, 0) is 0 Å². The number of piperidine rings is 1. The van der Waals surface area contributed by atoms with E-state index in [1.54, 1.807) is 19.2 Å². The van der Waals surface area contributed by atoms with Crippen molar-refractivity contribution in [2.75, 3.05) is 24.6 Å². The lowest BCUT2D eigenvalue weighted by atomic mass is 9.92. The quantitative estimate of drug-likeness (QED) is 0.456. The first-order valence-corrected chi connectivity index (χ1v) is 11.8. The summed E-state index contributed by atoms with van der Waals surface area (Å²) in [6.45, 7) is 3.12. The summed E-state index contributed by atoms with van der Waals surface area (Å²) in [6, 6.07) is 5.83. The molecule has 10 heteroatoms. The van der Waals surface area contributed by atoms with E-state index in [1.807, 2.05) is 6.07 Å². The number of aliphatic hydroxyl groups excluding tert-OH is 1. The summed E-state index contributed by atoms with van der Waals surface area (Å²) in [5, 5.41) is 21.1. The molecular weight excluding hydrogens is 434 g/mol. The third-order valence-electron chi connectivity index (χ3n) is 7.11. The van der Waals surface area contributed by atoms with Crippen LogP contribution in [0, 0.1) is 0 Å². The molecule has 1 unspecified atom stereocenters. The van der Waals surface area contributed by atoms with Gasteiger partial charge in [-0.2, -0.15) is 15.1 Å². The zero-order valence-electron chi connectivity index (χ0n) is 19.0. The van der Waals surface area contributed by atoms with Gasteiger partial charge in [0.2, 0.25) is 0 Å². The number of carbonyl (C=O) groups is 1. The van der Waals surface area contributed by atoms with Crippen LogP contribution in [0.2, 0.25) is 0 Å². The lowest BCUT2D eigenvalue weighted by molar-refractivity contribution is 0.0921. The molecular formula is C24H27N7O3. The number of pyridine rings is 1. The van der Waals surface area contributed by atoms with Crippen molar-refractivity contribution in [3.63, 3.8) is 0 Å². The number of aromatic amines is 1. The molecule has 3 N–H and O–H groups in total. The van der Waals surface area contributed by atoms with Gasteiger partial charge in [0.1, 0.15) is 17.6 Å². The van der Waals surface area contributed by atoms with E-state index in [2.05, 4.69) is 47.5 Å². The topological polar surface area (TPSA) is 129 Å². The number of fused-ring (bicyclic) bond motifs is 2. The Morgan fingerprint density at radius 2 is 2.24 bits per heavy atom. The molecule has 34 heavy (non-hydrogen) atoms. The highest BCUT2D eigenvalue weighted by atomic mass is 16.5. The van der Waals surface area contributed by atoms with Crippen LogP contribution in [0.5, 0.6) is 6.01 Å². The van der Waals surface area contributed by atoms with Gasteiger partial charge < -0.3 is 20.1 Å². The van der Waals surface area contributed by atoms with Gasteiger partial charge in [-0.25, -0.2) is 4.98 Å². The van der Waals surface area contributed by atoms with E-state index in [1.165, 1.54) is 5.57 Å². The second-order valence-electron chi connectivity index (χ2n) is 9.42. The Morgan fingerprint density at radius 3 is 2.94 bits per heavy atom. The number of carbonyl (C=O) groups excluding carboxylic acids is 1. The second-order valence-corrected chi connectivity index (χ2v) is 9.42. The Balaban J connectivity index is 1.21. The van der Waals surface area contributed by atoms with Crippen LogP contribution in [-0.4, -0.2) is 67.5 Å². The van der Waals surface area contributed by atoms with Gasteiger partial charge in [-0.15, -0.1) is 0 Å². The summed E-state index contributed by atoms with van der Waals surface area (Å²) in [5.74, 6) is 0.782. The minimum Gasteiger partial charge on any atom is -0.458 e. The molecule has 2 atom stereocenters. The van der Waals surface area contributed by atoms with Crippen LogP contribution in [0.3, 0.4) is 0 Å². The van der Waals surface area contributed by atoms with E-state index in [0.717, 1.165) is 55.5 Å². The first-order chi connectivity index (χ1) is 16.5. The molecule has 4 heterocycles. The maximum absolute atomic E-state index is 13.0. The van der Waals surface area contributed by atoms with Crippen LogP contribution < -0.4 is 15.0 Å². The number of amides is 1. The summed E-state index contributed by atoms with van der Waals surface area (Å²) in [4.78, 5) is 28.4. The molecule has 1 aliphatic heterocycles. The molecule has 3 aromatic rings. The number of nitrogens with one attached hydrogen (secondary N) is 2. The zero-order chi connectivity index (χ0) is 23.3. The summed E-state index contributed by atoms with van der Waals surface area (Å²) < 4.78 is 5.68. The predicted molar refractivity (Wildman–Crippen MR) is 125 cm³/mol. The third kappa shape index (κ3) is 3.67. The van der Waals surface area contributed by atoms with Gasteiger partial charge in [0.25, 0.3) is 5.91 Å². The standard InChI is InChI=1S/C24H27N7O3/c1-14(13-32)34-23-26-18(22(33)28-24-7-4-16(24)12-24)11-19(27-23)31-9-5-15(6-10-31)20-17-3-2-8-25-21(17)30-29-20/h2-4,8,11,14-15,32H,5-7,9-10,12-13H2,1H3,(H,28,33)(H,25,29,30)/t14-,24?/m1/s1. The molecule has 0 bridgehead atoms. The van der Waals surface area contributed by atoms with E-state index in [9.17, 15) is 9.90 Å². The Morgan fingerprint density at radius 1 is 1.38 bits per heavy atom. The molecule has 1 saturated heterocycles. The smallest absolute Gasteiger partial charge is 0.319 e. The summed E-state index contributed by atoms with van der Waals surface area (Å²) in [7, 11) is 0. The Kier molecular flexibility index (Phi) is 4.98. The van der Waals surface area contributed by atoms with Crippen molar-refractivity contribution in [1.29, 1.82) is 0 Å². The Hall–Kier alpha value is -3.53. The molecule has 176 valence electrons. The molecule has 6 rings (SSSR count). The van der Waals surface area contributed by atoms with Crippen molar-refractivity contribution in [3.05, 3.63) is 47.4 Å². The minimum atomic E-state index is -0.470. The fraction of sp³-hybridized carbons (Fsp3) is 0.458. The van der Waals surface area contributed by atoms with Gasteiger partial charge in [0.05, 0.1) is 12.1 Å². The average molecular weight is 462 g/mol. The molecule has 0 radical (unpaired) electrons. The minimum absolute atomic E-state index is 0.106. The van der Waals surface area contributed by atoms with Gasteiger partial charge >= 0.3 is 6.01 Å². The van der Waals surface area contributed by atoms with E-state index in [4.69, 9.17) is 4.74 Å². The SMILES string of the molecule is C[C@H](CO)Oc1nc(C(=O)NC23CC=C2C3)cc(N2CCC(c3[nH]nc4ncccc34)CC2)n1. The highest BCUT2D eigenvalue weighted by molar-refractivity contribution is 5.95. The second kappa shape index (κ2) is 8.05. The van der Waals surface area contributed by atoms with Crippen LogP contribution in [0.4, 0.5) is 5.82 Å². The number of H-pyrrole nitrogens is 1. The van der Waals surface area contributed by atoms with Gasteiger partial charge in [-0.3, -0.25) is 9.89 Å². The predicted octanol–water partition coefficient (Wildman–Crippen LogP) is 2.09. The van der Waals surface area contributed by atoms with Crippen LogP contribution in [0.15, 0.2) is 36.0 Å². The largest absolute Gasteiger partial charge is 0.458 e. The first kappa shape index (κ1) is 21.0. The fourth-order valence-corrected chi connectivity index (χ4v) is 4.91. The van der Waals surface area contributed by atoms with Gasteiger partial charge in [0, 0.05) is 42.4 Å². The molecule has 0 spiro atoms. The number of aromatic nitrogens is 5. The maximum atomic E-state index is 13.0. The van der Waals surface area contributed by atoms with E-state index >= 15 is 0 Å². The number of nitrogens with zero attached hydrogens (tertiary/aromatic N) is 5. The van der Waals surface area contributed by atoms with Crippen LogP contribution in [0.25, 0.3) is 11.0 Å².